The van der Waals surface area contributed by atoms with Crippen molar-refractivity contribution in [1.29, 1.82) is 5.26 Å². The quantitative estimate of drug-likeness (QED) is 0.841. The number of anilines is 1. The van der Waals surface area contributed by atoms with Crippen molar-refractivity contribution in [2.24, 2.45) is 5.92 Å². The molecule has 96 valence electrons. The zero-order valence-corrected chi connectivity index (χ0v) is 12.6. The molecule has 2 unspecified atom stereocenters. The van der Waals surface area contributed by atoms with Gasteiger partial charge in [-0.2, -0.15) is 5.26 Å². The minimum atomic E-state index is 0.590. The molecule has 18 heavy (non-hydrogen) atoms. The molecule has 0 aliphatic carbocycles. The SMILES string of the molecule is CC1CN(c2ccc(C#N)cc2Br)CC1N(C)C. The van der Waals surface area contributed by atoms with Gasteiger partial charge in [0.25, 0.3) is 0 Å². The Bertz CT molecular complexity index is 478. The fraction of sp³-hybridized carbons (Fsp3) is 0.500. The largest absolute Gasteiger partial charge is 0.369 e. The van der Waals surface area contributed by atoms with Gasteiger partial charge in [0, 0.05) is 23.6 Å². The summed E-state index contributed by atoms with van der Waals surface area (Å²) in [5.41, 5.74) is 1.88. The van der Waals surface area contributed by atoms with E-state index >= 15 is 0 Å². The number of benzene rings is 1. The minimum Gasteiger partial charge on any atom is -0.369 e. The molecular weight excluding hydrogens is 290 g/mol. The number of halogens is 1. The standard InChI is InChI=1S/C14H18BrN3/c1-10-8-18(9-14(10)17(2)3)13-5-4-11(7-16)6-12(13)15/h4-6,10,14H,8-9H2,1-3H3. The third-order valence-electron chi connectivity index (χ3n) is 3.65. The van der Waals surface area contributed by atoms with Crippen LogP contribution in [0.25, 0.3) is 0 Å². The molecule has 0 bridgehead atoms. The van der Waals surface area contributed by atoms with Crippen molar-refractivity contribution >= 4 is 21.6 Å². The van der Waals surface area contributed by atoms with Crippen LogP contribution in [0.15, 0.2) is 22.7 Å². The van der Waals surface area contributed by atoms with E-state index in [0.29, 0.717) is 17.5 Å². The van der Waals surface area contributed by atoms with E-state index in [-0.39, 0.29) is 0 Å². The first-order valence-corrected chi connectivity index (χ1v) is 6.93. The summed E-state index contributed by atoms with van der Waals surface area (Å²) in [5, 5.41) is 8.88. The lowest BCUT2D eigenvalue weighted by Crippen LogP contribution is -2.34. The molecule has 4 heteroatoms. The molecule has 1 aliphatic rings. The molecule has 2 atom stereocenters. The zero-order valence-electron chi connectivity index (χ0n) is 11.0. The predicted octanol–water partition coefficient (Wildman–Crippen LogP) is 2.71. The van der Waals surface area contributed by atoms with Gasteiger partial charge >= 0.3 is 0 Å². The number of likely N-dealkylation sites (N-methyl/N-ethyl adjacent to an activating group) is 1. The van der Waals surface area contributed by atoms with Crippen molar-refractivity contribution in [2.75, 3.05) is 32.1 Å². The Morgan fingerprint density at radius 2 is 2.11 bits per heavy atom. The summed E-state index contributed by atoms with van der Waals surface area (Å²) >= 11 is 3.57. The summed E-state index contributed by atoms with van der Waals surface area (Å²) < 4.78 is 1.01. The Labute approximate surface area is 117 Å². The first kappa shape index (κ1) is 13.4. The molecule has 1 aliphatic heterocycles. The summed E-state index contributed by atoms with van der Waals surface area (Å²) in [5.74, 6) is 0.655. The van der Waals surface area contributed by atoms with E-state index in [1.807, 2.05) is 18.2 Å². The number of nitriles is 1. The van der Waals surface area contributed by atoms with E-state index in [1.165, 1.54) is 5.69 Å². The number of rotatable bonds is 2. The Morgan fingerprint density at radius 3 is 2.61 bits per heavy atom. The van der Waals surface area contributed by atoms with Crippen LogP contribution in [-0.2, 0) is 0 Å². The Kier molecular flexibility index (Phi) is 3.94. The highest BCUT2D eigenvalue weighted by atomic mass is 79.9. The van der Waals surface area contributed by atoms with Crippen LogP contribution in [0.2, 0.25) is 0 Å². The molecule has 0 aromatic heterocycles. The van der Waals surface area contributed by atoms with Crippen molar-refractivity contribution in [1.82, 2.24) is 4.90 Å². The Balaban J connectivity index is 2.22. The normalized spacial score (nSPS) is 23.4. The van der Waals surface area contributed by atoms with Crippen LogP contribution in [0.1, 0.15) is 12.5 Å². The molecule has 0 N–H and O–H groups in total. The van der Waals surface area contributed by atoms with Crippen LogP contribution in [0.5, 0.6) is 0 Å². The summed E-state index contributed by atoms with van der Waals surface area (Å²) in [4.78, 5) is 4.68. The maximum Gasteiger partial charge on any atom is 0.0992 e. The highest BCUT2D eigenvalue weighted by Crippen LogP contribution is 2.32. The molecule has 1 saturated heterocycles. The first-order chi connectivity index (χ1) is 8.52. The molecule has 1 fully saturated rings. The van der Waals surface area contributed by atoms with E-state index < -0.39 is 0 Å². The monoisotopic (exact) mass is 307 g/mol. The van der Waals surface area contributed by atoms with E-state index in [1.54, 1.807) is 0 Å². The molecule has 2 rings (SSSR count). The van der Waals surface area contributed by atoms with E-state index in [4.69, 9.17) is 5.26 Å². The Morgan fingerprint density at radius 1 is 1.39 bits per heavy atom. The second-order valence-corrected chi connectivity index (χ2v) is 6.05. The molecule has 0 radical (unpaired) electrons. The second-order valence-electron chi connectivity index (χ2n) is 5.19. The molecule has 1 aromatic rings. The summed E-state index contributed by atoms with van der Waals surface area (Å²) in [6.45, 7) is 4.40. The van der Waals surface area contributed by atoms with Crippen LogP contribution in [0, 0.1) is 17.2 Å². The predicted molar refractivity (Wildman–Crippen MR) is 77.7 cm³/mol. The highest BCUT2D eigenvalue weighted by molar-refractivity contribution is 9.10. The van der Waals surface area contributed by atoms with Crippen LogP contribution in [0.3, 0.4) is 0 Å². The third-order valence-corrected chi connectivity index (χ3v) is 4.29. The molecule has 3 nitrogen and oxygen atoms in total. The van der Waals surface area contributed by atoms with E-state index in [9.17, 15) is 0 Å². The molecule has 1 heterocycles. The van der Waals surface area contributed by atoms with Gasteiger partial charge in [0.15, 0.2) is 0 Å². The van der Waals surface area contributed by atoms with Crippen molar-refractivity contribution < 1.29 is 0 Å². The lowest BCUT2D eigenvalue weighted by molar-refractivity contribution is 0.266. The van der Waals surface area contributed by atoms with Crippen molar-refractivity contribution in [3.63, 3.8) is 0 Å². The molecular formula is C14H18BrN3. The van der Waals surface area contributed by atoms with E-state index in [0.717, 1.165) is 17.6 Å². The van der Waals surface area contributed by atoms with E-state index in [2.05, 4.69) is 52.8 Å². The summed E-state index contributed by atoms with van der Waals surface area (Å²) in [6, 6.07) is 8.56. The van der Waals surface area contributed by atoms with Crippen molar-refractivity contribution in [3.05, 3.63) is 28.2 Å². The van der Waals surface area contributed by atoms with Gasteiger partial charge in [-0.05, 0) is 54.1 Å². The topological polar surface area (TPSA) is 30.3 Å². The average molecular weight is 308 g/mol. The highest BCUT2D eigenvalue weighted by Gasteiger charge is 2.31. The Hall–Kier alpha value is -1.05. The van der Waals surface area contributed by atoms with Crippen LogP contribution in [-0.4, -0.2) is 38.1 Å². The van der Waals surface area contributed by atoms with Gasteiger partial charge in [0.2, 0.25) is 0 Å². The molecule has 0 amide bonds. The average Bonchev–Trinajstić information content (AvgIpc) is 2.71. The van der Waals surface area contributed by atoms with Crippen molar-refractivity contribution in [2.45, 2.75) is 13.0 Å². The zero-order chi connectivity index (χ0) is 13.3. The first-order valence-electron chi connectivity index (χ1n) is 6.14. The number of hydrogen-bond donors (Lipinski definition) is 0. The smallest absolute Gasteiger partial charge is 0.0992 e. The lowest BCUT2D eigenvalue weighted by atomic mass is 10.1. The van der Waals surface area contributed by atoms with Gasteiger partial charge in [-0.25, -0.2) is 0 Å². The van der Waals surface area contributed by atoms with Crippen LogP contribution in [0.4, 0.5) is 5.69 Å². The molecule has 1 aromatic carbocycles. The van der Waals surface area contributed by atoms with Crippen LogP contribution < -0.4 is 4.90 Å². The fourth-order valence-electron chi connectivity index (χ4n) is 2.65. The summed E-state index contributed by atoms with van der Waals surface area (Å²) in [6.07, 6.45) is 0. The fourth-order valence-corrected chi connectivity index (χ4v) is 3.28. The van der Waals surface area contributed by atoms with Gasteiger partial charge in [0.05, 0.1) is 17.3 Å². The van der Waals surface area contributed by atoms with Gasteiger partial charge in [0.1, 0.15) is 0 Å². The lowest BCUT2D eigenvalue weighted by Gasteiger charge is -2.23. The van der Waals surface area contributed by atoms with Gasteiger partial charge in [-0.3, -0.25) is 0 Å². The minimum absolute atomic E-state index is 0.590. The second kappa shape index (κ2) is 5.29. The van der Waals surface area contributed by atoms with Gasteiger partial charge < -0.3 is 9.80 Å². The molecule has 0 saturated carbocycles. The van der Waals surface area contributed by atoms with Crippen molar-refractivity contribution in [3.8, 4) is 6.07 Å². The number of hydrogen-bond acceptors (Lipinski definition) is 3. The third kappa shape index (κ3) is 2.52. The van der Waals surface area contributed by atoms with Gasteiger partial charge in [-0.15, -0.1) is 0 Å². The van der Waals surface area contributed by atoms with Crippen LogP contribution >= 0.6 is 15.9 Å². The maximum atomic E-state index is 8.88. The maximum absolute atomic E-state index is 8.88. The van der Waals surface area contributed by atoms with Gasteiger partial charge in [-0.1, -0.05) is 6.92 Å². The number of nitrogens with zero attached hydrogens (tertiary/aromatic N) is 3. The summed E-state index contributed by atoms with van der Waals surface area (Å²) in [7, 11) is 4.27. The molecule has 0 spiro atoms.